The van der Waals surface area contributed by atoms with E-state index in [9.17, 15) is 26.3 Å². The Morgan fingerprint density at radius 2 is 1.79 bits per heavy atom. The third-order valence-electron chi connectivity index (χ3n) is 6.49. The minimum Gasteiger partial charge on any atom is -0.373 e. The molecule has 0 bridgehead atoms. The maximum atomic E-state index is 14.7. The highest BCUT2D eigenvalue weighted by Gasteiger charge is 2.25. The van der Waals surface area contributed by atoms with Crippen LogP contribution in [0.5, 0.6) is 0 Å². The molecule has 2 aromatic carbocycles. The van der Waals surface area contributed by atoms with Gasteiger partial charge in [0.25, 0.3) is 0 Å². The Kier molecular flexibility index (Phi) is 8.64. The van der Waals surface area contributed by atoms with Crippen molar-refractivity contribution >= 4 is 10.8 Å². The van der Waals surface area contributed by atoms with Crippen molar-refractivity contribution in [3.8, 4) is 23.7 Å². The maximum absolute atomic E-state index is 14.7. The molecule has 2 atom stereocenters. The number of hydrogen-bond acceptors (Lipinski definition) is 2. The third kappa shape index (κ3) is 6.88. The lowest BCUT2D eigenvalue weighted by atomic mass is 9.91. The standard InChI is InChI=1S/C30H25F6NO/c1-2-3-4-5-19-7-11-27(38-18-19)21-8-10-23(37-17-21)9-6-20-14-22-16-25(31)24(12-13-30(34,35)36)29(33)28(22)26(32)15-20/h8,10,14-17,19,27H,2-5,7,11,18H2,1H3. The molecule has 8 heteroatoms. The minimum absolute atomic E-state index is 0.0166. The van der Waals surface area contributed by atoms with Gasteiger partial charge in [0.2, 0.25) is 0 Å². The van der Waals surface area contributed by atoms with Crippen LogP contribution in [-0.4, -0.2) is 17.8 Å². The van der Waals surface area contributed by atoms with Crippen molar-refractivity contribution in [2.75, 3.05) is 6.61 Å². The molecule has 1 aromatic heterocycles. The second-order valence-electron chi connectivity index (χ2n) is 9.34. The second kappa shape index (κ2) is 11.9. The Morgan fingerprint density at radius 1 is 0.974 bits per heavy atom. The molecule has 198 valence electrons. The summed E-state index contributed by atoms with van der Waals surface area (Å²) in [5.74, 6) is 4.39. The van der Waals surface area contributed by atoms with Gasteiger partial charge in [0.15, 0.2) is 5.82 Å². The average Bonchev–Trinajstić information content (AvgIpc) is 2.87. The monoisotopic (exact) mass is 529 g/mol. The van der Waals surface area contributed by atoms with Gasteiger partial charge in [-0.15, -0.1) is 0 Å². The lowest BCUT2D eigenvalue weighted by Crippen LogP contribution is -2.20. The van der Waals surface area contributed by atoms with Gasteiger partial charge in [0.05, 0.1) is 23.7 Å². The number of halogens is 6. The van der Waals surface area contributed by atoms with Crippen LogP contribution in [0.25, 0.3) is 10.8 Å². The maximum Gasteiger partial charge on any atom is 0.458 e. The number of ether oxygens (including phenoxy) is 1. The highest BCUT2D eigenvalue weighted by atomic mass is 19.4. The minimum atomic E-state index is -4.95. The van der Waals surface area contributed by atoms with Crippen molar-refractivity contribution in [3.63, 3.8) is 0 Å². The summed E-state index contributed by atoms with van der Waals surface area (Å²) in [6.07, 6.45) is 3.64. The van der Waals surface area contributed by atoms with E-state index in [0.717, 1.165) is 43.1 Å². The van der Waals surface area contributed by atoms with Crippen LogP contribution in [0.15, 0.2) is 36.5 Å². The van der Waals surface area contributed by atoms with Gasteiger partial charge >= 0.3 is 6.18 Å². The van der Waals surface area contributed by atoms with E-state index in [0.29, 0.717) is 11.6 Å². The summed E-state index contributed by atoms with van der Waals surface area (Å²) in [5, 5.41) is -0.849. The van der Waals surface area contributed by atoms with Crippen molar-refractivity contribution in [2.24, 2.45) is 5.92 Å². The van der Waals surface area contributed by atoms with Gasteiger partial charge in [0.1, 0.15) is 17.3 Å². The molecular formula is C30H25F6NO. The van der Waals surface area contributed by atoms with E-state index < -0.39 is 34.6 Å². The molecule has 2 heterocycles. The van der Waals surface area contributed by atoms with Crippen molar-refractivity contribution in [3.05, 3.63) is 76.4 Å². The lowest BCUT2D eigenvalue weighted by molar-refractivity contribution is -0.0696. The summed E-state index contributed by atoms with van der Waals surface area (Å²) in [4.78, 5) is 4.34. The molecule has 0 spiro atoms. The Bertz CT molecular complexity index is 1420. The number of alkyl halides is 3. The summed E-state index contributed by atoms with van der Waals surface area (Å²) < 4.78 is 86.6. The number of fused-ring (bicyclic) bond motifs is 1. The van der Waals surface area contributed by atoms with Crippen LogP contribution in [0.1, 0.15) is 73.9 Å². The zero-order valence-electron chi connectivity index (χ0n) is 20.7. The van der Waals surface area contributed by atoms with Crippen LogP contribution < -0.4 is 0 Å². The molecule has 0 amide bonds. The molecule has 2 unspecified atom stereocenters. The molecule has 0 aliphatic carbocycles. The smallest absolute Gasteiger partial charge is 0.373 e. The van der Waals surface area contributed by atoms with E-state index in [2.05, 4.69) is 23.7 Å². The first-order valence-electron chi connectivity index (χ1n) is 12.5. The number of rotatable bonds is 5. The summed E-state index contributed by atoms with van der Waals surface area (Å²) in [6, 6.07) is 6.52. The molecule has 0 radical (unpaired) electrons. The highest BCUT2D eigenvalue weighted by Crippen LogP contribution is 2.32. The first-order valence-corrected chi connectivity index (χ1v) is 12.5. The van der Waals surface area contributed by atoms with Gasteiger partial charge in [-0.3, -0.25) is 0 Å². The molecule has 1 fully saturated rings. The molecular weight excluding hydrogens is 504 g/mol. The summed E-state index contributed by atoms with van der Waals surface area (Å²) >= 11 is 0. The number of hydrogen-bond donors (Lipinski definition) is 0. The van der Waals surface area contributed by atoms with Gasteiger partial charge in [-0.2, -0.15) is 13.2 Å². The van der Waals surface area contributed by atoms with Crippen molar-refractivity contribution in [2.45, 2.75) is 57.7 Å². The van der Waals surface area contributed by atoms with Crippen molar-refractivity contribution in [1.82, 2.24) is 4.98 Å². The Hall–Kier alpha value is -3.49. The Balaban J connectivity index is 1.48. The first kappa shape index (κ1) is 27.5. The van der Waals surface area contributed by atoms with Crippen LogP contribution in [-0.2, 0) is 4.74 Å². The van der Waals surface area contributed by atoms with Gasteiger partial charge < -0.3 is 4.74 Å². The molecule has 38 heavy (non-hydrogen) atoms. The summed E-state index contributed by atoms with van der Waals surface area (Å²) in [6.45, 7) is 2.93. The number of nitrogens with zero attached hydrogens (tertiary/aromatic N) is 1. The van der Waals surface area contributed by atoms with Gasteiger partial charge in [0, 0.05) is 17.7 Å². The van der Waals surface area contributed by atoms with Crippen molar-refractivity contribution in [1.29, 1.82) is 0 Å². The zero-order valence-corrected chi connectivity index (χ0v) is 20.7. The van der Waals surface area contributed by atoms with Gasteiger partial charge in [-0.05, 0) is 66.3 Å². The van der Waals surface area contributed by atoms with E-state index in [-0.39, 0.29) is 17.1 Å². The fraction of sp³-hybridized carbons (Fsp3) is 0.367. The quantitative estimate of drug-likeness (QED) is 0.190. The lowest BCUT2D eigenvalue weighted by Gasteiger charge is -2.29. The molecule has 4 rings (SSSR count). The number of unbranched alkanes of at least 4 members (excludes halogenated alkanes) is 2. The van der Waals surface area contributed by atoms with Gasteiger partial charge in [-0.1, -0.05) is 44.1 Å². The van der Waals surface area contributed by atoms with Crippen LogP contribution in [0.3, 0.4) is 0 Å². The van der Waals surface area contributed by atoms with E-state index in [1.54, 1.807) is 12.3 Å². The Labute approximate surface area is 217 Å². The Morgan fingerprint density at radius 3 is 2.45 bits per heavy atom. The molecule has 0 N–H and O–H groups in total. The predicted molar refractivity (Wildman–Crippen MR) is 133 cm³/mol. The normalized spacial score (nSPS) is 17.4. The topological polar surface area (TPSA) is 22.1 Å². The van der Waals surface area contributed by atoms with Crippen molar-refractivity contribution < 1.29 is 31.1 Å². The molecule has 2 nitrogen and oxygen atoms in total. The summed E-state index contributed by atoms with van der Waals surface area (Å²) in [7, 11) is 0. The molecule has 0 saturated carbocycles. The fourth-order valence-electron chi connectivity index (χ4n) is 4.52. The zero-order chi connectivity index (χ0) is 27.3. The third-order valence-corrected chi connectivity index (χ3v) is 6.49. The van der Waals surface area contributed by atoms with Crippen LogP contribution >= 0.6 is 0 Å². The first-order chi connectivity index (χ1) is 18.1. The fourth-order valence-corrected chi connectivity index (χ4v) is 4.52. The number of aromatic nitrogens is 1. The molecule has 1 aliphatic heterocycles. The molecule has 3 aromatic rings. The van der Waals surface area contributed by atoms with E-state index in [1.165, 1.54) is 37.7 Å². The van der Waals surface area contributed by atoms with E-state index in [1.807, 2.05) is 6.07 Å². The molecule has 1 saturated heterocycles. The van der Waals surface area contributed by atoms with Crippen LogP contribution in [0.2, 0.25) is 0 Å². The SMILES string of the molecule is CCCCCC1CCC(c2ccc(C#Cc3cc(F)c4c(F)c(C#CC(F)(F)F)c(F)cc4c3)nc2)OC1. The summed E-state index contributed by atoms with van der Waals surface area (Å²) in [5.41, 5.74) is 0.344. The number of benzene rings is 2. The van der Waals surface area contributed by atoms with Gasteiger partial charge in [-0.25, -0.2) is 18.2 Å². The number of pyridine rings is 1. The van der Waals surface area contributed by atoms with Crippen LogP contribution in [0, 0.1) is 47.1 Å². The highest BCUT2D eigenvalue weighted by molar-refractivity contribution is 5.87. The molecule has 1 aliphatic rings. The second-order valence-corrected chi connectivity index (χ2v) is 9.34. The van der Waals surface area contributed by atoms with E-state index >= 15 is 0 Å². The van der Waals surface area contributed by atoms with Crippen LogP contribution in [0.4, 0.5) is 26.3 Å². The van der Waals surface area contributed by atoms with E-state index in [4.69, 9.17) is 4.74 Å². The average molecular weight is 530 g/mol. The largest absolute Gasteiger partial charge is 0.458 e. The predicted octanol–water partition coefficient (Wildman–Crippen LogP) is 8.01.